The highest BCUT2D eigenvalue weighted by Crippen LogP contribution is 2.36. The van der Waals surface area contributed by atoms with Crippen LogP contribution < -0.4 is 9.47 Å². The average molecular weight is 344 g/mol. The van der Waals surface area contributed by atoms with Gasteiger partial charge in [-0.25, -0.2) is 4.98 Å². The Morgan fingerprint density at radius 1 is 1.00 bits per heavy atom. The van der Waals surface area contributed by atoms with Gasteiger partial charge in [-0.2, -0.15) is 0 Å². The number of benzene rings is 2. The van der Waals surface area contributed by atoms with Gasteiger partial charge in [0.25, 0.3) is 0 Å². The lowest BCUT2D eigenvalue weighted by molar-refractivity contribution is 0.298. The molecule has 0 radical (unpaired) electrons. The summed E-state index contributed by atoms with van der Waals surface area (Å²) in [5.74, 6) is 1.42. The van der Waals surface area contributed by atoms with Gasteiger partial charge >= 0.3 is 0 Å². The molecule has 0 bridgehead atoms. The number of ether oxygens (including phenoxy) is 2. The molecule has 1 aromatic heterocycles. The standard InChI is InChI=1S/C17H14BrNO2/c1-20-15-8-7-14-13(16(15)18)9-10-19-17(14)21-11-12-5-3-2-4-6-12/h2-10H,11H2,1H3. The Morgan fingerprint density at radius 2 is 1.81 bits per heavy atom. The summed E-state index contributed by atoms with van der Waals surface area (Å²) in [4.78, 5) is 4.33. The van der Waals surface area contributed by atoms with Crippen LogP contribution in [0.4, 0.5) is 0 Å². The van der Waals surface area contributed by atoms with Crippen LogP contribution in [-0.4, -0.2) is 12.1 Å². The molecule has 2 aromatic carbocycles. The third-order valence-corrected chi connectivity index (χ3v) is 4.06. The van der Waals surface area contributed by atoms with Crippen molar-refractivity contribution < 1.29 is 9.47 Å². The summed E-state index contributed by atoms with van der Waals surface area (Å²) < 4.78 is 12.1. The van der Waals surface area contributed by atoms with Crippen molar-refractivity contribution in [1.29, 1.82) is 0 Å². The Morgan fingerprint density at radius 3 is 2.57 bits per heavy atom. The van der Waals surface area contributed by atoms with E-state index >= 15 is 0 Å². The van der Waals surface area contributed by atoms with Crippen LogP contribution in [-0.2, 0) is 6.61 Å². The largest absolute Gasteiger partial charge is 0.496 e. The van der Waals surface area contributed by atoms with E-state index in [0.717, 1.165) is 26.6 Å². The van der Waals surface area contributed by atoms with Crippen LogP contribution in [0.15, 0.2) is 59.2 Å². The molecular weight excluding hydrogens is 330 g/mol. The van der Waals surface area contributed by atoms with Crippen LogP contribution in [0.5, 0.6) is 11.6 Å². The van der Waals surface area contributed by atoms with Crippen molar-refractivity contribution in [3.05, 3.63) is 64.8 Å². The maximum Gasteiger partial charge on any atom is 0.221 e. The van der Waals surface area contributed by atoms with E-state index < -0.39 is 0 Å². The highest BCUT2D eigenvalue weighted by Gasteiger charge is 2.10. The minimum absolute atomic E-state index is 0.497. The summed E-state index contributed by atoms with van der Waals surface area (Å²) in [7, 11) is 1.65. The molecule has 0 spiro atoms. The fraction of sp³-hybridized carbons (Fsp3) is 0.118. The topological polar surface area (TPSA) is 31.4 Å². The number of aromatic nitrogens is 1. The molecule has 106 valence electrons. The van der Waals surface area contributed by atoms with Crippen molar-refractivity contribution in [1.82, 2.24) is 4.98 Å². The molecule has 0 saturated heterocycles. The second-order valence-electron chi connectivity index (χ2n) is 4.57. The Labute approximate surface area is 131 Å². The summed E-state index contributed by atoms with van der Waals surface area (Å²) >= 11 is 3.56. The van der Waals surface area contributed by atoms with Crippen LogP contribution in [0.25, 0.3) is 10.8 Å². The summed E-state index contributed by atoms with van der Waals surface area (Å²) in [5.41, 5.74) is 1.11. The quantitative estimate of drug-likeness (QED) is 0.694. The molecule has 4 heteroatoms. The zero-order valence-electron chi connectivity index (χ0n) is 11.5. The van der Waals surface area contributed by atoms with Gasteiger partial charge in [0, 0.05) is 17.0 Å². The van der Waals surface area contributed by atoms with Crippen molar-refractivity contribution in [2.75, 3.05) is 7.11 Å². The first-order valence-corrected chi connectivity index (χ1v) is 7.37. The average Bonchev–Trinajstić information content (AvgIpc) is 2.54. The van der Waals surface area contributed by atoms with Gasteiger partial charge in [-0.15, -0.1) is 0 Å². The molecule has 1 heterocycles. The van der Waals surface area contributed by atoms with Gasteiger partial charge < -0.3 is 9.47 Å². The van der Waals surface area contributed by atoms with E-state index in [2.05, 4.69) is 20.9 Å². The van der Waals surface area contributed by atoms with Crippen LogP contribution in [0.1, 0.15) is 5.56 Å². The first-order chi connectivity index (χ1) is 10.3. The number of methoxy groups -OCH3 is 1. The van der Waals surface area contributed by atoms with E-state index in [1.165, 1.54) is 0 Å². The van der Waals surface area contributed by atoms with Gasteiger partial charge in [-0.1, -0.05) is 30.3 Å². The molecule has 0 atom stereocenters. The molecule has 0 aliphatic carbocycles. The second-order valence-corrected chi connectivity index (χ2v) is 5.36. The van der Waals surface area contributed by atoms with E-state index in [1.54, 1.807) is 13.3 Å². The van der Waals surface area contributed by atoms with Gasteiger partial charge in [0.1, 0.15) is 12.4 Å². The molecule has 0 unspecified atom stereocenters. The van der Waals surface area contributed by atoms with Crippen LogP contribution in [0.3, 0.4) is 0 Å². The molecular formula is C17H14BrNO2. The van der Waals surface area contributed by atoms with E-state index in [0.29, 0.717) is 12.5 Å². The lowest BCUT2D eigenvalue weighted by Crippen LogP contribution is -1.98. The fourth-order valence-electron chi connectivity index (χ4n) is 2.17. The number of pyridine rings is 1. The third kappa shape index (κ3) is 2.85. The summed E-state index contributed by atoms with van der Waals surface area (Å²) in [5, 5.41) is 1.98. The smallest absolute Gasteiger partial charge is 0.221 e. The molecule has 0 amide bonds. The lowest BCUT2D eigenvalue weighted by atomic mass is 10.1. The molecule has 0 fully saturated rings. The van der Waals surface area contributed by atoms with Gasteiger partial charge in [-0.3, -0.25) is 0 Å². The Bertz CT molecular complexity index is 759. The number of fused-ring (bicyclic) bond motifs is 1. The predicted octanol–water partition coefficient (Wildman–Crippen LogP) is 4.58. The Hall–Kier alpha value is -2.07. The van der Waals surface area contributed by atoms with Crippen LogP contribution in [0, 0.1) is 0 Å². The third-order valence-electron chi connectivity index (χ3n) is 3.25. The first-order valence-electron chi connectivity index (χ1n) is 6.57. The fourth-order valence-corrected chi connectivity index (χ4v) is 2.81. The van der Waals surface area contributed by atoms with Crippen molar-refractivity contribution in [2.45, 2.75) is 6.61 Å². The Kier molecular flexibility index (Phi) is 4.06. The number of hydrogen-bond acceptors (Lipinski definition) is 3. The molecule has 0 saturated carbocycles. The van der Waals surface area contributed by atoms with E-state index in [1.807, 2.05) is 48.5 Å². The minimum atomic E-state index is 0.497. The molecule has 3 rings (SSSR count). The summed E-state index contributed by atoms with van der Waals surface area (Å²) in [6.45, 7) is 0.497. The number of halogens is 1. The maximum atomic E-state index is 5.86. The zero-order valence-corrected chi connectivity index (χ0v) is 13.1. The number of hydrogen-bond donors (Lipinski definition) is 0. The van der Waals surface area contributed by atoms with E-state index in [9.17, 15) is 0 Å². The van der Waals surface area contributed by atoms with Crippen molar-refractivity contribution >= 4 is 26.7 Å². The van der Waals surface area contributed by atoms with Crippen LogP contribution in [0.2, 0.25) is 0 Å². The zero-order chi connectivity index (χ0) is 14.7. The second kappa shape index (κ2) is 6.14. The molecule has 3 aromatic rings. The Balaban J connectivity index is 1.94. The van der Waals surface area contributed by atoms with Crippen molar-refractivity contribution in [3.63, 3.8) is 0 Å². The van der Waals surface area contributed by atoms with Crippen molar-refractivity contribution in [3.8, 4) is 11.6 Å². The highest BCUT2D eigenvalue weighted by molar-refractivity contribution is 9.10. The van der Waals surface area contributed by atoms with Crippen LogP contribution >= 0.6 is 15.9 Å². The first kappa shape index (κ1) is 13.9. The molecule has 0 aliphatic rings. The number of rotatable bonds is 4. The summed E-state index contributed by atoms with van der Waals surface area (Å²) in [6.07, 6.45) is 1.74. The van der Waals surface area contributed by atoms with Gasteiger partial charge in [-0.05, 0) is 39.7 Å². The van der Waals surface area contributed by atoms with Crippen molar-refractivity contribution in [2.24, 2.45) is 0 Å². The van der Waals surface area contributed by atoms with Gasteiger partial charge in [0.15, 0.2) is 0 Å². The lowest BCUT2D eigenvalue weighted by Gasteiger charge is -2.11. The molecule has 21 heavy (non-hydrogen) atoms. The minimum Gasteiger partial charge on any atom is -0.496 e. The van der Waals surface area contributed by atoms with E-state index in [4.69, 9.17) is 9.47 Å². The molecule has 0 aliphatic heterocycles. The normalized spacial score (nSPS) is 10.6. The monoisotopic (exact) mass is 343 g/mol. The molecule has 0 N–H and O–H groups in total. The summed E-state index contributed by atoms with van der Waals surface area (Å²) in [6, 6.07) is 15.9. The maximum absolute atomic E-state index is 5.86. The SMILES string of the molecule is COc1ccc2c(OCc3ccccc3)nccc2c1Br. The van der Waals surface area contributed by atoms with E-state index in [-0.39, 0.29) is 0 Å². The number of nitrogens with zero attached hydrogens (tertiary/aromatic N) is 1. The predicted molar refractivity (Wildman–Crippen MR) is 86.8 cm³/mol. The van der Waals surface area contributed by atoms with Gasteiger partial charge in [0.05, 0.1) is 11.6 Å². The van der Waals surface area contributed by atoms with Gasteiger partial charge in [0.2, 0.25) is 5.88 Å². The highest BCUT2D eigenvalue weighted by atomic mass is 79.9. The molecule has 3 nitrogen and oxygen atoms in total.